The van der Waals surface area contributed by atoms with Gasteiger partial charge in [0.1, 0.15) is 5.75 Å². The molecule has 3 aromatic carbocycles. The third kappa shape index (κ3) is 3.79. The van der Waals surface area contributed by atoms with Crippen LogP contribution in [0.1, 0.15) is 36.2 Å². The fourth-order valence-electron chi connectivity index (χ4n) is 3.84. The summed E-state index contributed by atoms with van der Waals surface area (Å²) >= 11 is 0. The Hall–Kier alpha value is -3.60. The molecular weight excluding hydrogens is 376 g/mol. The van der Waals surface area contributed by atoms with Crippen molar-refractivity contribution in [1.29, 1.82) is 0 Å². The Balaban J connectivity index is 1.75. The van der Waals surface area contributed by atoms with Gasteiger partial charge in [0.2, 0.25) is 5.56 Å². The van der Waals surface area contributed by atoms with Gasteiger partial charge >= 0.3 is 0 Å². The Morgan fingerprint density at radius 1 is 1.00 bits per heavy atom. The lowest BCUT2D eigenvalue weighted by Gasteiger charge is -2.14. The van der Waals surface area contributed by atoms with Crippen molar-refractivity contribution in [2.24, 2.45) is 0 Å². The minimum Gasteiger partial charge on any atom is -0.493 e. The Morgan fingerprint density at radius 3 is 2.63 bits per heavy atom. The highest BCUT2D eigenvalue weighted by molar-refractivity contribution is 6.15. The van der Waals surface area contributed by atoms with Crippen LogP contribution in [0, 0.1) is 0 Å². The zero-order valence-corrected chi connectivity index (χ0v) is 17.1. The van der Waals surface area contributed by atoms with Crippen LogP contribution in [0.5, 0.6) is 5.75 Å². The van der Waals surface area contributed by atoms with Crippen molar-refractivity contribution in [3.05, 3.63) is 82.1 Å². The van der Waals surface area contributed by atoms with Crippen LogP contribution >= 0.6 is 0 Å². The fourth-order valence-corrected chi connectivity index (χ4v) is 3.84. The number of carbonyl (C=O) groups excluding carboxylic acids is 1. The molecule has 0 radical (unpaired) electrons. The fraction of sp³-hybridized carbons (Fsp3) is 0.200. The van der Waals surface area contributed by atoms with E-state index in [1.165, 1.54) is 0 Å². The predicted molar refractivity (Wildman–Crippen MR) is 122 cm³/mol. The molecule has 5 heteroatoms. The van der Waals surface area contributed by atoms with E-state index < -0.39 is 0 Å². The quantitative estimate of drug-likeness (QED) is 0.462. The van der Waals surface area contributed by atoms with Gasteiger partial charge in [0.05, 0.1) is 17.7 Å². The molecule has 0 saturated carbocycles. The van der Waals surface area contributed by atoms with Crippen LogP contribution < -0.4 is 15.6 Å². The Morgan fingerprint density at radius 2 is 1.83 bits per heavy atom. The maximum atomic E-state index is 13.2. The van der Waals surface area contributed by atoms with Crippen molar-refractivity contribution < 1.29 is 9.53 Å². The highest BCUT2D eigenvalue weighted by Crippen LogP contribution is 2.29. The van der Waals surface area contributed by atoms with Crippen molar-refractivity contribution in [2.75, 3.05) is 11.9 Å². The number of amides is 1. The summed E-state index contributed by atoms with van der Waals surface area (Å²) in [6, 6.07) is 18.8. The molecule has 0 fully saturated rings. The van der Waals surface area contributed by atoms with Gasteiger partial charge in [0, 0.05) is 17.1 Å². The summed E-state index contributed by atoms with van der Waals surface area (Å²) in [7, 11) is 0. The van der Waals surface area contributed by atoms with Crippen LogP contribution in [0.3, 0.4) is 0 Å². The van der Waals surface area contributed by atoms with Crippen LogP contribution in [-0.2, 0) is 6.42 Å². The number of pyridine rings is 1. The molecule has 0 aliphatic carbocycles. The van der Waals surface area contributed by atoms with E-state index in [4.69, 9.17) is 4.74 Å². The van der Waals surface area contributed by atoms with Crippen molar-refractivity contribution in [3.8, 4) is 5.75 Å². The number of hydrogen-bond donors (Lipinski definition) is 2. The highest BCUT2D eigenvalue weighted by atomic mass is 16.5. The molecule has 0 unspecified atom stereocenters. The molecule has 5 nitrogen and oxygen atoms in total. The topological polar surface area (TPSA) is 71.2 Å². The summed E-state index contributed by atoms with van der Waals surface area (Å²) in [5, 5.41) is 5.77. The van der Waals surface area contributed by atoms with E-state index in [1.54, 1.807) is 12.1 Å². The average Bonchev–Trinajstić information content (AvgIpc) is 2.73. The average molecular weight is 400 g/mol. The van der Waals surface area contributed by atoms with Gasteiger partial charge < -0.3 is 15.0 Å². The van der Waals surface area contributed by atoms with Crippen LogP contribution in [0.4, 0.5) is 5.69 Å². The number of aromatic nitrogens is 1. The Kier molecular flexibility index (Phi) is 5.53. The van der Waals surface area contributed by atoms with Crippen molar-refractivity contribution in [2.45, 2.75) is 26.7 Å². The monoisotopic (exact) mass is 400 g/mol. The van der Waals surface area contributed by atoms with E-state index in [1.807, 2.05) is 55.5 Å². The van der Waals surface area contributed by atoms with Crippen LogP contribution in [0.15, 0.2) is 65.5 Å². The zero-order chi connectivity index (χ0) is 21.1. The van der Waals surface area contributed by atoms with E-state index in [9.17, 15) is 9.59 Å². The molecule has 30 heavy (non-hydrogen) atoms. The molecular formula is C25H24N2O3. The number of aromatic amines is 1. The van der Waals surface area contributed by atoms with Gasteiger partial charge in [-0.3, -0.25) is 9.59 Å². The first-order chi connectivity index (χ1) is 14.6. The normalized spacial score (nSPS) is 11.0. The van der Waals surface area contributed by atoms with Gasteiger partial charge in [-0.1, -0.05) is 49.7 Å². The molecule has 2 N–H and O–H groups in total. The lowest BCUT2D eigenvalue weighted by molar-refractivity contribution is 0.102. The molecule has 0 aliphatic heterocycles. The summed E-state index contributed by atoms with van der Waals surface area (Å²) in [5.74, 6) is 0.301. The molecule has 0 bridgehead atoms. The van der Waals surface area contributed by atoms with Gasteiger partial charge in [0.15, 0.2) is 0 Å². The van der Waals surface area contributed by atoms with E-state index in [-0.39, 0.29) is 11.5 Å². The number of nitrogens with one attached hydrogen (secondary N) is 2. The minimum absolute atomic E-state index is 0.137. The van der Waals surface area contributed by atoms with Gasteiger partial charge in [-0.15, -0.1) is 0 Å². The summed E-state index contributed by atoms with van der Waals surface area (Å²) in [6.45, 7) is 4.45. The Bertz CT molecular complexity index is 1290. The second kappa shape index (κ2) is 8.41. The number of anilines is 1. The number of benzene rings is 3. The number of H-pyrrole nitrogens is 1. The molecule has 4 aromatic rings. The molecule has 0 spiro atoms. The van der Waals surface area contributed by atoms with E-state index in [0.29, 0.717) is 29.1 Å². The first kappa shape index (κ1) is 19.7. The molecule has 152 valence electrons. The molecule has 4 rings (SSSR count). The van der Waals surface area contributed by atoms with Crippen LogP contribution in [-0.4, -0.2) is 17.5 Å². The van der Waals surface area contributed by atoms with Gasteiger partial charge in [-0.05, 0) is 47.9 Å². The van der Waals surface area contributed by atoms with E-state index in [2.05, 4.69) is 17.2 Å². The third-order valence-corrected chi connectivity index (χ3v) is 5.12. The second-order valence-corrected chi connectivity index (χ2v) is 7.22. The predicted octanol–water partition coefficient (Wildman–Crippen LogP) is 5.28. The second-order valence-electron chi connectivity index (χ2n) is 7.22. The van der Waals surface area contributed by atoms with Gasteiger partial charge in [-0.2, -0.15) is 0 Å². The van der Waals surface area contributed by atoms with Crippen molar-refractivity contribution in [3.63, 3.8) is 0 Å². The molecule has 1 aromatic heterocycles. The maximum absolute atomic E-state index is 13.2. The largest absolute Gasteiger partial charge is 0.493 e. The SMILES string of the molecule is CCCc1cc(=O)[nH]c2cc(NC(=O)c3c(OCC)ccc4ccccc34)ccc12. The van der Waals surface area contributed by atoms with Crippen molar-refractivity contribution >= 4 is 33.3 Å². The first-order valence-corrected chi connectivity index (χ1v) is 10.2. The molecule has 1 amide bonds. The zero-order valence-electron chi connectivity index (χ0n) is 17.1. The van der Waals surface area contributed by atoms with Gasteiger partial charge in [0.25, 0.3) is 5.91 Å². The number of rotatable bonds is 6. The van der Waals surface area contributed by atoms with Crippen molar-refractivity contribution in [1.82, 2.24) is 4.98 Å². The molecule has 1 heterocycles. The number of ether oxygens (including phenoxy) is 1. The summed E-state index contributed by atoms with van der Waals surface area (Å²) < 4.78 is 5.72. The number of carbonyl (C=O) groups is 1. The lowest BCUT2D eigenvalue weighted by atomic mass is 10.0. The smallest absolute Gasteiger partial charge is 0.260 e. The number of aryl methyl sites for hydroxylation is 1. The van der Waals surface area contributed by atoms with E-state index >= 15 is 0 Å². The summed E-state index contributed by atoms with van der Waals surface area (Å²) in [4.78, 5) is 28.1. The maximum Gasteiger partial charge on any atom is 0.260 e. The standard InChI is InChI=1S/C25H24N2O3/c1-3-7-17-14-23(28)27-21-15-18(11-12-19(17)21)26-25(29)24-20-9-6-5-8-16(20)10-13-22(24)30-4-2/h5-6,8-15H,3-4,7H2,1-2H3,(H,26,29)(H,27,28). The van der Waals surface area contributed by atoms with Crippen LogP contribution in [0.2, 0.25) is 0 Å². The van der Waals surface area contributed by atoms with E-state index in [0.717, 1.165) is 34.6 Å². The van der Waals surface area contributed by atoms with Gasteiger partial charge in [-0.25, -0.2) is 0 Å². The third-order valence-electron chi connectivity index (χ3n) is 5.12. The lowest BCUT2D eigenvalue weighted by Crippen LogP contribution is -2.15. The van der Waals surface area contributed by atoms with Crippen LogP contribution in [0.25, 0.3) is 21.7 Å². The summed E-state index contributed by atoms with van der Waals surface area (Å²) in [6.07, 6.45) is 1.79. The number of hydrogen-bond acceptors (Lipinski definition) is 3. The minimum atomic E-state index is -0.248. The summed E-state index contributed by atoms with van der Waals surface area (Å²) in [5.41, 5.74) is 2.71. The molecule has 0 saturated heterocycles. The number of fused-ring (bicyclic) bond motifs is 2. The Labute approximate surface area is 174 Å². The molecule has 0 aliphatic rings. The molecule has 0 atom stereocenters. The first-order valence-electron chi connectivity index (χ1n) is 10.2. The highest BCUT2D eigenvalue weighted by Gasteiger charge is 2.17.